The minimum absolute atomic E-state index is 0.0475. The summed E-state index contributed by atoms with van der Waals surface area (Å²) < 4.78 is 10.7. The van der Waals surface area contributed by atoms with Crippen molar-refractivity contribution in [3.63, 3.8) is 0 Å². The van der Waals surface area contributed by atoms with Gasteiger partial charge >= 0.3 is 0 Å². The third kappa shape index (κ3) is 3.17. The van der Waals surface area contributed by atoms with Crippen LogP contribution in [0.5, 0.6) is 0 Å². The van der Waals surface area contributed by atoms with E-state index in [0.717, 1.165) is 11.1 Å². The second-order valence-electron chi connectivity index (χ2n) is 5.00. The van der Waals surface area contributed by atoms with E-state index >= 15 is 0 Å². The maximum Gasteiger partial charge on any atom is 0.227 e. The van der Waals surface area contributed by atoms with Gasteiger partial charge in [0.15, 0.2) is 0 Å². The number of ether oxygens (including phenoxy) is 2. The fourth-order valence-corrected chi connectivity index (χ4v) is 2.60. The van der Waals surface area contributed by atoms with Crippen LogP contribution in [0.3, 0.4) is 0 Å². The third-order valence-corrected chi connectivity index (χ3v) is 3.85. The Labute approximate surface area is 119 Å². The number of amides is 1. The van der Waals surface area contributed by atoms with Crippen LogP contribution in [0.1, 0.15) is 11.1 Å². The molecule has 2 N–H and O–H groups in total. The minimum Gasteiger partial charge on any atom is -0.377 e. The minimum atomic E-state index is -0.0475. The molecule has 5 nitrogen and oxygen atoms in total. The molecule has 1 fully saturated rings. The summed E-state index contributed by atoms with van der Waals surface area (Å²) in [5, 5.41) is 0. The number of hydrogen-bond acceptors (Lipinski definition) is 4. The fraction of sp³-hybridized carbons (Fsp3) is 0.533. The fourth-order valence-electron chi connectivity index (χ4n) is 2.60. The number of carbonyl (C=O) groups is 1. The van der Waals surface area contributed by atoms with E-state index in [9.17, 15) is 4.79 Å². The Hall–Kier alpha value is -1.43. The molecule has 1 aliphatic rings. The Morgan fingerprint density at radius 3 is 2.25 bits per heavy atom. The van der Waals surface area contributed by atoms with E-state index in [2.05, 4.69) is 0 Å². The number of nitrogens with zero attached hydrogens (tertiary/aromatic N) is 1. The molecule has 5 heteroatoms. The number of carbonyl (C=O) groups excluding carboxylic acids is 1. The van der Waals surface area contributed by atoms with Gasteiger partial charge in [-0.3, -0.25) is 4.79 Å². The third-order valence-electron chi connectivity index (χ3n) is 3.85. The van der Waals surface area contributed by atoms with Crippen LogP contribution < -0.4 is 5.73 Å². The van der Waals surface area contributed by atoms with E-state index < -0.39 is 0 Å². The number of benzene rings is 1. The van der Waals surface area contributed by atoms with Crippen LogP contribution in [0.25, 0.3) is 0 Å². The number of likely N-dealkylation sites (tertiary alicyclic amines) is 1. The van der Waals surface area contributed by atoms with Crippen LogP contribution >= 0.6 is 0 Å². The molecule has 1 heterocycles. The monoisotopic (exact) mass is 278 g/mol. The molecule has 1 amide bonds. The van der Waals surface area contributed by atoms with Gasteiger partial charge in [-0.2, -0.15) is 0 Å². The molecule has 0 aliphatic carbocycles. The molecular weight excluding hydrogens is 256 g/mol. The van der Waals surface area contributed by atoms with Crippen molar-refractivity contribution < 1.29 is 14.3 Å². The predicted molar refractivity (Wildman–Crippen MR) is 76.2 cm³/mol. The van der Waals surface area contributed by atoms with Crippen molar-refractivity contribution in [2.24, 2.45) is 5.73 Å². The number of nitrogens with two attached hydrogens (primary N) is 1. The molecule has 0 bridgehead atoms. The zero-order valence-electron chi connectivity index (χ0n) is 12.0. The first-order valence-corrected chi connectivity index (χ1v) is 6.79. The van der Waals surface area contributed by atoms with Crippen molar-refractivity contribution >= 4 is 5.91 Å². The molecule has 1 aliphatic heterocycles. The molecule has 1 saturated heterocycles. The van der Waals surface area contributed by atoms with Gasteiger partial charge in [-0.15, -0.1) is 0 Å². The van der Waals surface area contributed by atoms with Crippen LogP contribution in [0.4, 0.5) is 0 Å². The van der Waals surface area contributed by atoms with Crippen molar-refractivity contribution in [1.29, 1.82) is 0 Å². The van der Waals surface area contributed by atoms with Gasteiger partial charge in [0.25, 0.3) is 0 Å². The lowest BCUT2D eigenvalue weighted by Gasteiger charge is -2.16. The summed E-state index contributed by atoms with van der Waals surface area (Å²) >= 11 is 0. The van der Waals surface area contributed by atoms with Gasteiger partial charge < -0.3 is 20.1 Å². The summed E-state index contributed by atoms with van der Waals surface area (Å²) in [6.07, 6.45) is 0.280. The highest BCUT2D eigenvalue weighted by Gasteiger charge is 2.35. The standard InChI is InChI=1S/C15H22N2O3/c1-19-13-9-17(10-14(13)20-2)15(18)7-11-5-3-4-6-12(11)8-16/h3-6,13-14H,7-10,16H2,1-2H3. The summed E-state index contributed by atoms with van der Waals surface area (Å²) in [6.45, 7) is 1.61. The van der Waals surface area contributed by atoms with E-state index in [1.807, 2.05) is 24.3 Å². The average Bonchev–Trinajstić information content (AvgIpc) is 2.91. The molecule has 0 aromatic heterocycles. The van der Waals surface area contributed by atoms with Gasteiger partial charge in [0.05, 0.1) is 6.42 Å². The Kier molecular flexibility index (Phi) is 5.11. The molecule has 0 spiro atoms. The summed E-state index contributed by atoms with van der Waals surface area (Å²) in [7, 11) is 3.29. The highest BCUT2D eigenvalue weighted by atomic mass is 16.5. The maximum absolute atomic E-state index is 12.4. The van der Waals surface area contributed by atoms with Gasteiger partial charge in [-0.05, 0) is 11.1 Å². The number of hydrogen-bond donors (Lipinski definition) is 1. The van der Waals surface area contributed by atoms with Gasteiger partial charge in [-0.1, -0.05) is 24.3 Å². The van der Waals surface area contributed by atoms with E-state index in [1.54, 1.807) is 19.1 Å². The normalized spacial score (nSPS) is 22.2. The summed E-state index contributed by atoms with van der Waals surface area (Å²) in [5.41, 5.74) is 7.72. The average molecular weight is 278 g/mol. The van der Waals surface area contributed by atoms with Crippen LogP contribution in [-0.2, 0) is 27.2 Å². The van der Waals surface area contributed by atoms with E-state index in [4.69, 9.17) is 15.2 Å². The quantitative estimate of drug-likeness (QED) is 0.855. The second kappa shape index (κ2) is 6.83. The highest BCUT2D eigenvalue weighted by molar-refractivity contribution is 5.79. The van der Waals surface area contributed by atoms with Crippen LogP contribution in [0.2, 0.25) is 0 Å². The molecule has 2 rings (SSSR count). The molecule has 2 atom stereocenters. The van der Waals surface area contributed by atoms with Gasteiger partial charge in [0, 0.05) is 33.9 Å². The van der Waals surface area contributed by atoms with E-state index in [0.29, 0.717) is 26.1 Å². The molecule has 20 heavy (non-hydrogen) atoms. The summed E-state index contributed by atoms with van der Waals surface area (Å²) in [4.78, 5) is 14.2. The van der Waals surface area contributed by atoms with Crippen LogP contribution in [0, 0.1) is 0 Å². The van der Waals surface area contributed by atoms with Crippen molar-refractivity contribution in [3.8, 4) is 0 Å². The molecule has 110 valence electrons. The second-order valence-corrected chi connectivity index (χ2v) is 5.00. The lowest BCUT2D eigenvalue weighted by Crippen LogP contribution is -2.31. The SMILES string of the molecule is COC1CN(C(=O)Cc2ccccc2CN)CC1OC. The zero-order valence-corrected chi connectivity index (χ0v) is 12.0. The van der Waals surface area contributed by atoms with Gasteiger partial charge in [0.2, 0.25) is 5.91 Å². The Morgan fingerprint density at radius 2 is 1.75 bits per heavy atom. The molecule has 0 radical (unpaired) electrons. The lowest BCUT2D eigenvalue weighted by atomic mass is 10.0. The van der Waals surface area contributed by atoms with Gasteiger partial charge in [0.1, 0.15) is 12.2 Å². The zero-order chi connectivity index (χ0) is 14.5. The van der Waals surface area contributed by atoms with E-state index in [-0.39, 0.29) is 18.1 Å². The van der Waals surface area contributed by atoms with Gasteiger partial charge in [-0.25, -0.2) is 0 Å². The molecule has 1 aromatic carbocycles. The lowest BCUT2D eigenvalue weighted by molar-refractivity contribution is -0.130. The summed E-state index contributed by atoms with van der Waals surface area (Å²) in [6, 6.07) is 7.79. The van der Waals surface area contributed by atoms with Crippen LogP contribution in [0.15, 0.2) is 24.3 Å². The van der Waals surface area contributed by atoms with Crippen molar-refractivity contribution in [2.75, 3.05) is 27.3 Å². The Bertz CT molecular complexity index is 452. The number of rotatable bonds is 5. The first kappa shape index (κ1) is 15.0. The summed E-state index contributed by atoms with van der Waals surface area (Å²) in [5.74, 6) is 0.0903. The van der Waals surface area contributed by atoms with Crippen molar-refractivity contribution in [1.82, 2.24) is 4.90 Å². The molecule has 0 saturated carbocycles. The smallest absolute Gasteiger partial charge is 0.227 e. The topological polar surface area (TPSA) is 64.8 Å². The van der Waals surface area contributed by atoms with Crippen LogP contribution in [-0.4, -0.2) is 50.3 Å². The maximum atomic E-state index is 12.4. The Morgan fingerprint density at radius 1 is 1.20 bits per heavy atom. The largest absolute Gasteiger partial charge is 0.377 e. The molecular formula is C15H22N2O3. The Balaban J connectivity index is 2.02. The first-order chi connectivity index (χ1) is 9.69. The highest BCUT2D eigenvalue weighted by Crippen LogP contribution is 2.18. The van der Waals surface area contributed by atoms with E-state index in [1.165, 1.54) is 0 Å². The molecule has 1 aromatic rings. The van der Waals surface area contributed by atoms with Crippen molar-refractivity contribution in [3.05, 3.63) is 35.4 Å². The molecule has 2 unspecified atom stereocenters. The predicted octanol–water partition coefficient (Wildman–Crippen LogP) is 0.560. The number of methoxy groups -OCH3 is 2. The van der Waals surface area contributed by atoms with Crippen molar-refractivity contribution in [2.45, 2.75) is 25.2 Å². The first-order valence-electron chi connectivity index (χ1n) is 6.79.